The molecule has 0 amide bonds. The summed E-state index contributed by atoms with van der Waals surface area (Å²) in [5.41, 5.74) is 1.54. The predicted molar refractivity (Wildman–Crippen MR) is 79.8 cm³/mol. The minimum atomic E-state index is -0.485. The van der Waals surface area contributed by atoms with Gasteiger partial charge in [-0.1, -0.05) is 12.1 Å². The van der Waals surface area contributed by atoms with Gasteiger partial charge in [0.15, 0.2) is 5.75 Å². The summed E-state index contributed by atoms with van der Waals surface area (Å²) >= 11 is 0. The summed E-state index contributed by atoms with van der Waals surface area (Å²) in [6.45, 7) is 1.93. The van der Waals surface area contributed by atoms with Gasteiger partial charge in [-0.2, -0.15) is 0 Å². The molecule has 0 fully saturated rings. The summed E-state index contributed by atoms with van der Waals surface area (Å²) in [7, 11) is 1.39. The van der Waals surface area contributed by atoms with Crippen molar-refractivity contribution >= 4 is 11.4 Å². The van der Waals surface area contributed by atoms with Gasteiger partial charge in [0, 0.05) is 23.9 Å². The number of nitro groups is 1. The maximum atomic E-state index is 10.9. The molecule has 0 unspecified atom stereocenters. The number of methoxy groups -OCH3 is 1. The average molecular weight is 288 g/mol. The molecule has 0 aliphatic heterocycles. The van der Waals surface area contributed by atoms with Gasteiger partial charge in [-0.3, -0.25) is 10.1 Å². The zero-order valence-corrected chi connectivity index (χ0v) is 11.7. The van der Waals surface area contributed by atoms with Crippen LogP contribution in [0.2, 0.25) is 0 Å². The molecule has 2 N–H and O–H groups in total. The fourth-order valence-corrected chi connectivity index (χ4v) is 2.05. The van der Waals surface area contributed by atoms with Crippen molar-refractivity contribution < 1.29 is 14.8 Å². The van der Waals surface area contributed by atoms with Crippen molar-refractivity contribution in [2.75, 3.05) is 12.4 Å². The smallest absolute Gasteiger partial charge is 0.311 e. The first kappa shape index (κ1) is 14.6. The van der Waals surface area contributed by atoms with Crippen molar-refractivity contribution in [1.82, 2.24) is 0 Å². The van der Waals surface area contributed by atoms with Gasteiger partial charge in [-0.25, -0.2) is 0 Å². The number of aromatic hydroxyl groups is 1. The summed E-state index contributed by atoms with van der Waals surface area (Å²) < 4.78 is 5.03. The highest BCUT2D eigenvalue weighted by atomic mass is 16.6. The van der Waals surface area contributed by atoms with Gasteiger partial charge in [0.1, 0.15) is 5.75 Å². The van der Waals surface area contributed by atoms with Gasteiger partial charge >= 0.3 is 5.69 Å². The number of phenols is 1. The Hall–Kier alpha value is -2.76. The molecule has 6 heteroatoms. The molecule has 110 valence electrons. The lowest BCUT2D eigenvalue weighted by Gasteiger charge is -2.16. The third kappa shape index (κ3) is 3.42. The number of anilines is 1. The van der Waals surface area contributed by atoms with Crippen molar-refractivity contribution in [3.63, 3.8) is 0 Å². The van der Waals surface area contributed by atoms with Crippen LogP contribution in [0.5, 0.6) is 11.5 Å². The maximum Gasteiger partial charge on any atom is 0.311 e. The molecule has 0 heterocycles. The molecule has 6 nitrogen and oxygen atoms in total. The number of nitro benzene ring substituents is 1. The van der Waals surface area contributed by atoms with Gasteiger partial charge in [-0.05, 0) is 30.7 Å². The third-order valence-corrected chi connectivity index (χ3v) is 3.13. The number of benzene rings is 2. The first-order valence-electron chi connectivity index (χ1n) is 6.39. The Morgan fingerprint density at radius 2 is 2.05 bits per heavy atom. The molecule has 2 rings (SSSR count). The lowest BCUT2D eigenvalue weighted by Crippen LogP contribution is -2.06. The SMILES string of the molecule is COc1cc(N[C@@H](C)c2cccc(O)c2)ccc1[N+](=O)[O-]. The van der Waals surface area contributed by atoms with Crippen LogP contribution in [0.1, 0.15) is 18.5 Å². The summed E-state index contributed by atoms with van der Waals surface area (Å²) in [5, 5.41) is 23.5. The molecule has 0 aromatic heterocycles. The molecule has 21 heavy (non-hydrogen) atoms. The number of nitrogens with zero attached hydrogens (tertiary/aromatic N) is 1. The van der Waals surface area contributed by atoms with E-state index in [0.717, 1.165) is 5.56 Å². The Morgan fingerprint density at radius 3 is 2.67 bits per heavy atom. The van der Waals surface area contributed by atoms with Gasteiger partial charge in [0.05, 0.1) is 12.0 Å². The molecule has 0 saturated heterocycles. The summed E-state index contributed by atoms with van der Waals surface area (Å²) in [5.74, 6) is 0.399. The molecule has 0 saturated carbocycles. The second kappa shape index (κ2) is 6.13. The second-order valence-electron chi connectivity index (χ2n) is 4.60. The topological polar surface area (TPSA) is 84.6 Å². The predicted octanol–water partition coefficient (Wildman–Crippen LogP) is 3.48. The molecule has 0 aliphatic rings. The van der Waals surface area contributed by atoms with Crippen molar-refractivity contribution in [2.45, 2.75) is 13.0 Å². The number of phenolic OH excluding ortho intramolecular Hbond substituents is 1. The van der Waals surface area contributed by atoms with Crippen molar-refractivity contribution in [2.24, 2.45) is 0 Å². The van der Waals surface area contributed by atoms with Crippen LogP contribution in [-0.2, 0) is 0 Å². The molecule has 2 aromatic carbocycles. The van der Waals surface area contributed by atoms with E-state index in [1.54, 1.807) is 30.3 Å². The molecule has 0 aliphatic carbocycles. The van der Waals surface area contributed by atoms with Crippen LogP contribution in [-0.4, -0.2) is 17.1 Å². The first-order valence-corrected chi connectivity index (χ1v) is 6.39. The van der Waals surface area contributed by atoms with E-state index < -0.39 is 4.92 Å². The quantitative estimate of drug-likeness (QED) is 0.650. The minimum absolute atomic E-state index is 0.0664. The Bertz CT molecular complexity index is 658. The van der Waals surface area contributed by atoms with Crippen molar-refractivity contribution in [1.29, 1.82) is 0 Å². The highest BCUT2D eigenvalue weighted by molar-refractivity contribution is 5.58. The number of hydrogen-bond acceptors (Lipinski definition) is 5. The molecule has 0 spiro atoms. The minimum Gasteiger partial charge on any atom is -0.508 e. The van der Waals surface area contributed by atoms with E-state index in [2.05, 4.69) is 5.32 Å². The van der Waals surface area contributed by atoms with Crippen LogP contribution in [0.15, 0.2) is 42.5 Å². The molecule has 1 atom stereocenters. The molecule has 0 radical (unpaired) electrons. The summed E-state index contributed by atoms with van der Waals surface area (Å²) in [4.78, 5) is 10.4. The van der Waals surface area contributed by atoms with Crippen molar-refractivity contribution in [3.05, 3.63) is 58.1 Å². The Labute approximate surface area is 122 Å². The monoisotopic (exact) mass is 288 g/mol. The van der Waals surface area contributed by atoms with Crippen LogP contribution in [0.3, 0.4) is 0 Å². The van der Waals surface area contributed by atoms with Crippen LogP contribution in [0.4, 0.5) is 11.4 Å². The summed E-state index contributed by atoms with van der Waals surface area (Å²) in [6, 6.07) is 11.5. The first-order chi connectivity index (χ1) is 10.0. The average Bonchev–Trinajstić information content (AvgIpc) is 2.46. The standard InChI is InChI=1S/C15H16N2O4/c1-10(11-4-3-5-13(18)8-11)16-12-6-7-14(17(19)20)15(9-12)21-2/h3-10,16,18H,1-2H3/t10-/m0/s1. The third-order valence-electron chi connectivity index (χ3n) is 3.13. The van der Waals surface area contributed by atoms with Gasteiger partial charge < -0.3 is 15.2 Å². The van der Waals surface area contributed by atoms with E-state index in [1.807, 2.05) is 13.0 Å². The lowest BCUT2D eigenvalue weighted by atomic mass is 10.1. The normalized spacial score (nSPS) is 11.7. The Kier molecular flexibility index (Phi) is 4.27. The van der Waals surface area contributed by atoms with Crippen molar-refractivity contribution in [3.8, 4) is 11.5 Å². The van der Waals surface area contributed by atoms with Crippen LogP contribution in [0.25, 0.3) is 0 Å². The van der Waals surface area contributed by atoms with Crippen LogP contribution in [0, 0.1) is 10.1 Å². The highest BCUT2D eigenvalue weighted by Crippen LogP contribution is 2.31. The number of hydrogen-bond donors (Lipinski definition) is 2. The highest BCUT2D eigenvalue weighted by Gasteiger charge is 2.15. The molecular formula is C15H16N2O4. The maximum absolute atomic E-state index is 10.9. The number of ether oxygens (including phenoxy) is 1. The fraction of sp³-hybridized carbons (Fsp3) is 0.200. The largest absolute Gasteiger partial charge is 0.508 e. The molecule has 0 bridgehead atoms. The van der Waals surface area contributed by atoms with E-state index in [-0.39, 0.29) is 23.2 Å². The lowest BCUT2D eigenvalue weighted by molar-refractivity contribution is -0.385. The van der Waals surface area contributed by atoms with E-state index in [4.69, 9.17) is 4.74 Å². The number of rotatable bonds is 5. The van der Waals surface area contributed by atoms with Crippen LogP contribution >= 0.6 is 0 Å². The second-order valence-corrected chi connectivity index (χ2v) is 4.60. The van der Waals surface area contributed by atoms with E-state index in [9.17, 15) is 15.2 Å². The van der Waals surface area contributed by atoms with Gasteiger partial charge in [0.2, 0.25) is 0 Å². The van der Waals surface area contributed by atoms with Crippen LogP contribution < -0.4 is 10.1 Å². The van der Waals surface area contributed by atoms with E-state index in [0.29, 0.717) is 5.69 Å². The summed E-state index contributed by atoms with van der Waals surface area (Å²) in [6.07, 6.45) is 0. The Balaban J connectivity index is 2.21. The Morgan fingerprint density at radius 1 is 1.29 bits per heavy atom. The fourth-order valence-electron chi connectivity index (χ4n) is 2.05. The van der Waals surface area contributed by atoms with Gasteiger partial charge in [0.25, 0.3) is 0 Å². The zero-order valence-electron chi connectivity index (χ0n) is 11.7. The van der Waals surface area contributed by atoms with E-state index in [1.165, 1.54) is 13.2 Å². The van der Waals surface area contributed by atoms with E-state index >= 15 is 0 Å². The van der Waals surface area contributed by atoms with Gasteiger partial charge in [-0.15, -0.1) is 0 Å². The zero-order chi connectivity index (χ0) is 15.4. The molecule has 2 aromatic rings. The molecular weight excluding hydrogens is 272 g/mol. The number of nitrogens with one attached hydrogen (secondary N) is 1.